The van der Waals surface area contributed by atoms with Gasteiger partial charge in [-0.3, -0.25) is 4.55 Å². The molecule has 10 heavy (non-hydrogen) atoms. The molecule has 4 nitrogen and oxygen atoms in total. The van der Waals surface area contributed by atoms with Crippen LogP contribution < -0.4 is 0 Å². The lowest BCUT2D eigenvalue weighted by atomic mass is 10.1. The second-order valence-electron chi connectivity index (χ2n) is 2.68. The summed E-state index contributed by atoms with van der Waals surface area (Å²) in [6, 6.07) is 0. The summed E-state index contributed by atoms with van der Waals surface area (Å²) in [6.07, 6.45) is 0. The van der Waals surface area contributed by atoms with Crippen molar-refractivity contribution >= 4 is 10.1 Å². The van der Waals surface area contributed by atoms with Gasteiger partial charge in [0.1, 0.15) is 0 Å². The first kappa shape index (κ1) is 9.87. The molecule has 0 fully saturated rings. The normalized spacial score (nSPS) is 19.0. The van der Waals surface area contributed by atoms with Crippen molar-refractivity contribution in [2.45, 2.75) is 25.7 Å². The van der Waals surface area contributed by atoms with Crippen molar-refractivity contribution in [1.82, 2.24) is 0 Å². The van der Waals surface area contributed by atoms with E-state index in [1.165, 1.54) is 13.8 Å². The maximum absolute atomic E-state index is 10.4. The van der Waals surface area contributed by atoms with Gasteiger partial charge in [0.05, 0.1) is 0 Å². The number of hydrogen-bond acceptors (Lipinski definition) is 3. The van der Waals surface area contributed by atoms with E-state index in [1.807, 2.05) is 0 Å². The first-order chi connectivity index (χ1) is 4.19. The predicted octanol–water partition coefficient (Wildman–Crippen LogP) is 0.239. The van der Waals surface area contributed by atoms with Gasteiger partial charge in [-0.25, -0.2) is 0 Å². The van der Waals surface area contributed by atoms with E-state index in [0.717, 1.165) is 6.92 Å². The Balaban J connectivity index is 4.76. The second kappa shape index (κ2) is 2.48. The van der Waals surface area contributed by atoms with Crippen LogP contribution in [0.1, 0.15) is 20.8 Å². The van der Waals surface area contributed by atoms with E-state index in [-0.39, 0.29) is 0 Å². The van der Waals surface area contributed by atoms with E-state index in [0.29, 0.717) is 0 Å². The van der Waals surface area contributed by atoms with Crippen molar-refractivity contribution in [3.05, 3.63) is 0 Å². The molecule has 2 N–H and O–H groups in total. The largest absolute Gasteiger partial charge is 0.372 e. The summed E-state index contributed by atoms with van der Waals surface area (Å²) < 4.78 is 29.2. The standard InChI is InChI=1S/C5H12O4S/c1-4(2)5(3,6)10(7,8)9/h4,6H,1-3H3,(H,7,8,9). The zero-order chi connectivity index (χ0) is 8.58. The zero-order valence-electron chi connectivity index (χ0n) is 6.20. The molecule has 0 heterocycles. The van der Waals surface area contributed by atoms with Gasteiger partial charge in [0, 0.05) is 0 Å². The molecule has 0 aliphatic rings. The Morgan fingerprint density at radius 3 is 1.70 bits per heavy atom. The van der Waals surface area contributed by atoms with Crippen molar-refractivity contribution in [3.63, 3.8) is 0 Å². The molecule has 62 valence electrons. The van der Waals surface area contributed by atoms with Crippen molar-refractivity contribution in [1.29, 1.82) is 0 Å². The van der Waals surface area contributed by atoms with E-state index in [1.54, 1.807) is 0 Å². The summed E-state index contributed by atoms with van der Waals surface area (Å²) in [5, 5.41) is 9.09. The SMILES string of the molecule is CC(C)C(C)(O)S(=O)(=O)O. The predicted molar refractivity (Wildman–Crippen MR) is 37.0 cm³/mol. The molecule has 0 aromatic carbocycles. The van der Waals surface area contributed by atoms with Crippen LogP contribution in [-0.2, 0) is 10.1 Å². The highest BCUT2D eigenvalue weighted by atomic mass is 32.2. The van der Waals surface area contributed by atoms with Gasteiger partial charge in [0.2, 0.25) is 0 Å². The fourth-order valence-electron chi connectivity index (χ4n) is 0.298. The van der Waals surface area contributed by atoms with Gasteiger partial charge in [-0.15, -0.1) is 0 Å². The van der Waals surface area contributed by atoms with E-state index in [4.69, 9.17) is 9.66 Å². The molecule has 5 heteroatoms. The number of aliphatic hydroxyl groups is 1. The first-order valence-corrected chi connectivity index (χ1v) is 4.33. The molecule has 0 spiro atoms. The maximum Gasteiger partial charge on any atom is 0.294 e. The zero-order valence-corrected chi connectivity index (χ0v) is 7.01. The van der Waals surface area contributed by atoms with Gasteiger partial charge in [0.25, 0.3) is 10.1 Å². The average molecular weight is 168 g/mol. The Morgan fingerprint density at radius 1 is 1.40 bits per heavy atom. The van der Waals surface area contributed by atoms with Crippen molar-refractivity contribution in [3.8, 4) is 0 Å². The summed E-state index contributed by atoms with van der Waals surface area (Å²) >= 11 is 0. The van der Waals surface area contributed by atoms with Gasteiger partial charge >= 0.3 is 0 Å². The highest BCUT2D eigenvalue weighted by Crippen LogP contribution is 2.21. The molecule has 1 atom stereocenters. The molecule has 0 saturated carbocycles. The van der Waals surface area contributed by atoms with Crippen LogP contribution in [0.2, 0.25) is 0 Å². The van der Waals surface area contributed by atoms with E-state index in [9.17, 15) is 8.42 Å². The quantitative estimate of drug-likeness (QED) is 0.579. The maximum atomic E-state index is 10.4. The molecule has 0 aromatic heterocycles. The molecular formula is C5H12O4S. The first-order valence-electron chi connectivity index (χ1n) is 2.89. The van der Waals surface area contributed by atoms with Crippen LogP contribution in [0.4, 0.5) is 0 Å². The van der Waals surface area contributed by atoms with Crippen molar-refractivity contribution in [2.24, 2.45) is 5.92 Å². The minimum Gasteiger partial charge on any atom is -0.372 e. The summed E-state index contributed by atoms with van der Waals surface area (Å²) in [4.78, 5) is -2.03. The molecule has 0 rings (SSSR count). The van der Waals surface area contributed by atoms with Crippen LogP contribution in [0.3, 0.4) is 0 Å². The van der Waals surface area contributed by atoms with Crippen LogP contribution in [0.15, 0.2) is 0 Å². The molecule has 1 unspecified atom stereocenters. The lowest BCUT2D eigenvalue weighted by Crippen LogP contribution is -2.39. The number of rotatable bonds is 2. The second-order valence-corrected chi connectivity index (χ2v) is 4.46. The third kappa shape index (κ3) is 1.68. The minimum absolute atomic E-state index is 0.525. The molecule has 0 bridgehead atoms. The van der Waals surface area contributed by atoms with Crippen molar-refractivity contribution < 1.29 is 18.1 Å². The molecule has 0 saturated heterocycles. The van der Waals surface area contributed by atoms with E-state index in [2.05, 4.69) is 0 Å². The highest BCUT2D eigenvalue weighted by molar-refractivity contribution is 7.87. The summed E-state index contributed by atoms with van der Waals surface area (Å²) in [7, 11) is -4.35. The topological polar surface area (TPSA) is 74.6 Å². The van der Waals surface area contributed by atoms with Crippen LogP contribution >= 0.6 is 0 Å². The summed E-state index contributed by atoms with van der Waals surface area (Å²) in [5.74, 6) is -0.525. The summed E-state index contributed by atoms with van der Waals surface area (Å²) in [5.41, 5.74) is 0. The monoisotopic (exact) mass is 168 g/mol. The highest BCUT2D eigenvalue weighted by Gasteiger charge is 2.38. The fourth-order valence-corrected chi connectivity index (χ4v) is 0.894. The Bertz CT molecular complexity index is 202. The summed E-state index contributed by atoms with van der Waals surface area (Å²) in [6.45, 7) is 4.08. The van der Waals surface area contributed by atoms with Gasteiger partial charge < -0.3 is 5.11 Å². The molecule has 0 aromatic rings. The van der Waals surface area contributed by atoms with Gasteiger partial charge in [-0.2, -0.15) is 8.42 Å². The van der Waals surface area contributed by atoms with Crippen LogP contribution in [0.5, 0.6) is 0 Å². The molecular weight excluding hydrogens is 156 g/mol. The Hall–Kier alpha value is -0.130. The van der Waals surface area contributed by atoms with Crippen LogP contribution in [0.25, 0.3) is 0 Å². The number of hydrogen-bond donors (Lipinski definition) is 2. The fraction of sp³-hybridized carbons (Fsp3) is 1.00. The van der Waals surface area contributed by atoms with Crippen LogP contribution in [0, 0.1) is 5.92 Å². The lowest BCUT2D eigenvalue weighted by Gasteiger charge is -2.23. The van der Waals surface area contributed by atoms with Gasteiger partial charge in [-0.05, 0) is 12.8 Å². The van der Waals surface area contributed by atoms with Crippen molar-refractivity contribution in [2.75, 3.05) is 0 Å². The molecule has 0 radical (unpaired) electrons. The third-order valence-electron chi connectivity index (χ3n) is 1.59. The van der Waals surface area contributed by atoms with Crippen LogP contribution in [-0.4, -0.2) is 23.0 Å². The average Bonchev–Trinajstić information content (AvgIpc) is 1.62. The Labute approximate surface area is 60.6 Å². The smallest absolute Gasteiger partial charge is 0.294 e. The molecule has 0 amide bonds. The lowest BCUT2D eigenvalue weighted by molar-refractivity contribution is 0.0852. The van der Waals surface area contributed by atoms with Gasteiger partial charge in [-0.1, -0.05) is 13.8 Å². The minimum atomic E-state index is -4.35. The third-order valence-corrected chi connectivity index (χ3v) is 3.11. The Kier molecular flexibility index (Phi) is 2.45. The van der Waals surface area contributed by atoms with E-state index < -0.39 is 21.0 Å². The molecule has 0 aliphatic carbocycles. The Morgan fingerprint density at radius 2 is 1.70 bits per heavy atom. The van der Waals surface area contributed by atoms with Gasteiger partial charge in [0.15, 0.2) is 4.93 Å². The van der Waals surface area contributed by atoms with E-state index >= 15 is 0 Å². The molecule has 0 aliphatic heterocycles.